The standard InChI is InChI=1S/C14H21ClN2/c1-10-5-6-17(9-11(10)2)14-7-13(15)4-3-12(14)8-16/h3-4,7,10-11H,5-6,8-9,16H2,1-2H3. The molecule has 0 saturated carbocycles. The van der Waals surface area contributed by atoms with Crippen LogP contribution in [0, 0.1) is 11.8 Å². The Morgan fingerprint density at radius 3 is 2.76 bits per heavy atom. The molecule has 2 N–H and O–H groups in total. The minimum atomic E-state index is 0.576. The Hall–Kier alpha value is -0.730. The molecule has 1 aromatic rings. The first-order valence-corrected chi connectivity index (χ1v) is 6.73. The van der Waals surface area contributed by atoms with E-state index in [-0.39, 0.29) is 0 Å². The number of hydrogen-bond donors (Lipinski definition) is 1. The third kappa shape index (κ3) is 2.75. The lowest BCUT2D eigenvalue weighted by molar-refractivity contribution is 0.323. The van der Waals surface area contributed by atoms with Gasteiger partial charge in [0.2, 0.25) is 0 Å². The molecule has 0 aromatic heterocycles. The second-order valence-electron chi connectivity index (χ2n) is 5.17. The molecule has 0 aliphatic carbocycles. The van der Waals surface area contributed by atoms with E-state index in [2.05, 4.69) is 18.7 Å². The Bertz CT molecular complexity index is 392. The van der Waals surface area contributed by atoms with Crippen molar-refractivity contribution in [3.05, 3.63) is 28.8 Å². The minimum Gasteiger partial charge on any atom is -0.371 e. The molecule has 2 unspecified atom stereocenters. The molecule has 0 radical (unpaired) electrons. The highest BCUT2D eigenvalue weighted by Crippen LogP contribution is 2.30. The highest BCUT2D eigenvalue weighted by Gasteiger charge is 2.23. The molecule has 0 bridgehead atoms. The fourth-order valence-corrected chi connectivity index (χ4v) is 2.65. The van der Waals surface area contributed by atoms with Crippen molar-refractivity contribution in [3.8, 4) is 0 Å². The normalized spacial score (nSPS) is 25.1. The zero-order chi connectivity index (χ0) is 12.4. The molecule has 1 aliphatic heterocycles. The third-order valence-electron chi connectivity index (χ3n) is 3.94. The van der Waals surface area contributed by atoms with Crippen molar-refractivity contribution in [2.75, 3.05) is 18.0 Å². The maximum absolute atomic E-state index is 6.09. The van der Waals surface area contributed by atoms with Crippen LogP contribution in [-0.2, 0) is 6.54 Å². The second kappa shape index (κ2) is 5.28. The van der Waals surface area contributed by atoms with Gasteiger partial charge < -0.3 is 10.6 Å². The summed E-state index contributed by atoms with van der Waals surface area (Å²) in [4.78, 5) is 2.43. The molecule has 2 rings (SSSR count). The van der Waals surface area contributed by atoms with Crippen molar-refractivity contribution in [3.63, 3.8) is 0 Å². The van der Waals surface area contributed by atoms with Crippen molar-refractivity contribution in [1.82, 2.24) is 0 Å². The molecule has 1 fully saturated rings. The maximum atomic E-state index is 6.09. The molecule has 0 amide bonds. The SMILES string of the molecule is CC1CCN(c2cc(Cl)ccc2CN)CC1C. The number of rotatable bonds is 2. The van der Waals surface area contributed by atoms with Crippen molar-refractivity contribution < 1.29 is 0 Å². The van der Waals surface area contributed by atoms with E-state index in [0.717, 1.165) is 29.9 Å². The van der Waals surface area contributed by atoms with Gasteiger partial charge in [0.15, 0.2) is 0 Å². The smallest absolute Gasteiger partial charge is 0.0426 e. The first kappa shape index (κ1) is 12.7. The summed E-state index contributed by atoms with van der Waals surface area (Å²) < 4.78 is 0. The Morgan fingerprint density at radius 2 is 2.12 bits per heavy atom. The van der Waals surface area contributed by atoms with E-state index < -0.39 is 0 Å². The largest absolute Gasteiger partial charge is 0.371 e. The summed E-state index contributed by atoms with van der Waals surface area (Å²) in [7, 11) is 0. The Morgan fingerprint density at radius 1 is 1.35 bits per heavy atom. The maximum Gasteiger partial charge on any atom is 0.0426 e. The van der Waals surface area contributed by atoms with Crippen molar-refractivity contribution in [2.24, 2.45) is 17.6 Å². The molecule has 1 aliphatic rings. The highest BCUT2D eigenvalue weighted by molar-refractivity contribution is 6.30. The molecule has 1 aromatic carbocycles. The average Bonchev–Trinajstić information content (AvgIpc) is 2.32. The van der Waals surface area contributed by atoms with E-state index in [1.54, 1.807) is 0 Å². The fourth-order valence-electron chi connectivity index (χ4n) is 2.49. The molecule has 1 heterocycles. The number of anilines is 1. The van der Waals surface area contributed by atoms with Crippen molar-refractivity contribution >= 4 is 17.3 Å². The van der Waals surface area contributed by atoms with Gasteiger partial charge in [-0.25, -0.2) is 0 Å². The van der Waals surface area contributed by atoms with Crippen LogP contribution in [0.3, 0.4) is 0 Å². The number of halogens is 1. The lowest BCUT2D eigenvalue weighted by atomic mass is 9.88. The summed E-state index contributed by atoms with van der Waals surface area (Å²) in [5.41, 5.74) is 8.21. The van der Waals surface area contributed by atoms with Gasteiger partial charge in [-0.15, -0.1) is 0 Å². The van der Waals surface area contributed by atoms with Gasteiger partial charge >= 0.3 is 0 Å². The van der Waals surface area contributed by atoms with Gasteiger partial charge in [0.1, 0.15) is 0 Å². The zero-order valence-corrected chi connectivity index (χ0v) is 11.4. The number of hydrogen-bond acceptors (Lipinski definition) is 2. The van der Waals surface area contributed by atoms with Gasteiger partial charge in [-0.1, -0.05) is 31.5 Å². The third-order valence-corrected chi connectivity index (χ3v) is 4.18. The first-order chi connectivity index (χ1) is 8.11. The number of benzene rings is 1. The second-order valence-corrected chi connectivity index (χ2v) is 5.60. The van der Waals surface area contributed by atoms with Crippen LogP contribution in [0.4, 0.5) is 5.69 Å². The average molecular weight is 253 g/mol. The van der Waals surface area contributed by atoms with Crippen LogP contribution in [0.25, 0.3) is 0 Å². The van der Waals surface area contributed by atoms with Crippen molar-refractivity contribution in [1.29, 1.82) is 0 Å². The summed E-state index contributed by atoms with van der Waals surface area (Å²) >= 11 is 6.09. The van der Waals surface area contributed by atoms with Crippen LogP contribution in [0.2, 0.25) is 5.02 Å². The van der Waals surface area contributed by atoms with Crippen LogP contribution in [0.15, 0.2) is 18.2 Å². The van der Waals surface area contributed by atoms with Crippen LogP contribution in [0.5, 0.6) is 0 Å². The van der Waals surface area contributed by atoms with E-state index >= 15 is 0 Å². The first-order valence-electron chi connectivity index (χ1n) is 6.35. The summed E-state index contributed by atoms with van der Waals surface area (Å²) in [5.74, 6) is 1.54. The van der Waals surface area contributed by atoms with Crippen LogP contribution in [0.1, 0.15) is 25.8 Å². The lowest BCUT2D eigenvalue weighted by Gasteiger charge is -2.37. The summed E-state index contributed by atoms with van der Waals surface area (Å²) in [5, 5.41) is 0.795. The molecule has 3 heteroatoms. The molecule has 94 valence electrons. The molecule has 1 saturated heterocycles. The quantitative estimate of drug-likeness (QED) is 0.875. The van der Waals surface area contributed by atoms with Crippen molar-refractivity contribution in [2.45, 2.75) is 26.8 Å². The van der Waals surface area contributed by atoms with E-state index in [1.807, 2.05) is 18.2 Å². The topological polar surface area (TPSA) is 29.3 Å². The molecular formula is C14H21ClN2. The molecule has 2 nitrogen and oxygen atoms in total. The van der Waals surface area contributed by atoms with Gasteiger partial charge in [-0.05, 0) is 36.0 Å². The van der Waals surface area contributed by atoms with Crippen LogP contribution < -0.4 is 10.6 Å². The van der Waals surface area contributed by atoms with E-state index in [4.69, 9.17) is 17.3 Å². The van der Waals surface area contributed by atoms with Gasteiger partial charge in [0.05, 0.1) is 0 Å². The zero-order valence-electron chi connectivity index (χ0n) is 10.6. The summed E-state index contributed by atoms with van der Waals surface area (Å²) in [6.07, 6.45) is 1.25. The summed E-state index contributed by atoms with van der Waals surface area (Å²) in [6.45, 7) is 7.45. The highest BCUT2D eigenvalue weighted by atomic mass is 35.5. The summed E-state index contributed by atoms with van der Waals surface area (Å²) in [6, 6.07) is 6.01. The minimum absolute atomic E-state index is 0.576. The van der Waals surface area contributed by atoms with E-state index in [9.17, 15) is 0 Å². The van der Waals surface area contributed by atoms with Gasteiger partial charge in [0, 0.05) is 30.3 Å². The van der Waals surface area contributed by atoms with Crippen LogP contribution >= 0.6 is 11.6 Å². The number of piperidine rings is 1. The predicted molar refractivity (Wildman–Crippen MR) is 74.5 cm³/mol. The fraction of sp³-hybridized carbons (Fsp3) is 0.571. The van der Waals surface area contributed by atoms with Gasteiger partial charge in [-0.3, -0.25) is 0 Å². The Balaban J connectivity index is 2.24. The monoisotopic (exact) mass is 252 g/mol. The molecular weight excluding hydrogens is 232 g/mol. The van der Waals surface area contributed by atoms with Crippen LogP contribution in [-0.4, -0.2) is 13.1 Å². The van der Waals surface area contributed by atoms with Gasteiger partial charge in [-0.2, -0.15) is 0 Å². The van der Waals surface area contributed by atoms with Gasteiger partial charge in [0.25, 0.3) is 0 Å². The number of nitrogens with zero attached hydrogens (tertiary/aromatic N) is 1. The molecule has 2 atom stereocenters. The Labute approximate surface area is 109 Å². The lowest BCUT2D eigenvalue weighted by Crippen LogP contribution is -2.39. The van der Waals surface area contributed by atoms with E-state index in [1.165, 1.54) is 17.7 Å². The number of nitrogens with two attached hydrogens (primary N) is 1. The Kier molecular flexibility index (Phi) is 3.95. The molecule has 0 spiro atoms. The predicted octanol–water partition coefficient (Wildman–Crippen LogP) is 3.28. The van der Waals surface area contributed by atoms with E-state index in [0.29, 0.717) is 6.54 Å². The molecule has 17 heavy (non-hydrogen) atoms.